The van der Waals surface area contributed by atoms with Gasteiger partial charge >= 0.3 is 0 Å². The van der Waals surface area contributed by atoms with Gasteiger partial charge in [0, 0.05) is 16.5 Å². The molecule has 0 radical (unpaired) electrons. The number of fused-ring (bicyclic) bond motifs is 1. The third-order valence-corrected chi connectivity index (χ3v) is 5.14. The van der Waals surface area contributed by atoms with Crippen LogP contribution in [0.15, 0.2) is 63.9 Å². The number of benzene rings is 1. The number of pyridine rings is 1. The van der Waals surface area contributed by atoms with Crippen molar-refractivity contribution in [3.63, 3.8) is 0 Å². The van der Waals surface area contributed by atoms with Gasteiger partial charge in [0.2, 0.25) is 5.96 Å². The van der Waals surface area contributed by atoms with Gasteiger partial charge < -0.3 is 11.5 Å². The smallest absolute Gasteiger partial charge is 0.286 e. The third-order valence-electron chi connectivity index (χ3n) is 3.95. The number of nitrogens with zero attached hydrogens (tertiary/aromatic N) is 4. The van der Waals surface area contributed by atoms with Gasteiger partial charge in [-0.05, 0) is 35.9 Å². The van der Waals surface area contributed by atoms with Crippen molar-refractivity contribution in [1.82, 2.24) is 4.57 Å². The summed E-state index contributed by atoms with van der Waals surface area (Å²) in [6, 6.07) is 12.5. The Labute approximate surface area is 157 Å². The number of aryl methyl sites for hydroxylation is 1. The maximum absolute atomic E-state index is 5.26. The molecule has 3 rings (SSSR count). The second kappa shape index (κ2) is 8.05. The summed E-state index contributed by atoms with van der Waals surface area (Å²) < 4.78 is 4.37. The lowest BCUT2D eigenvalue weighted by atomic mass is 10.1. The van der Waals surface area contributed by atoms with Crippen LogP contribution in [0.5, 0.6) is 0 Å². The minimum Gasteiger partial charge on any atom is -0.369 e. The molecule has 26 heavy (non-hydrogen) atoms. The summed E-state index contributed by atoms with van der Waals surface area (Å²) in [6.45, 7) is 2.20. The van der Waals surface area contributed by atoms with Crippen molar-refractivity contribution in [2.24, 2.45) is 28.7 Å². The molecule has 0 saturated carbocycles. The van der Waals surface area contributed by atoms with Gasteiger partial charge in [0.25, 0.3) is 5.65 Å². The first-order chi connectivity index (χ1) is 12.6. The van der Waals surface area contributed by atoms with Crippen LogP contribution in [-0.4, -0.2) is 22.5 Å². The monoisotopic (exact) mass is 367 g/mol. The van der Waals surface area contributed by atoms with E-state index in [9.17, 15) is 0 Å². The Morgan fingerprint density at radius 1 is 1.15 bits per heavy atom. The number of guanidine groups is 1. The highest BCUT2D eigenvalue weighted by atomic mass is 32.2. The maximum atomic E-state index is 5.26. The van der Waals surface area contributed by atoms with Gasteiger partial charge in [-0.3, -0.25) is 0 Å². The molecule has 2 aromatic heterocycles. The van der Waals surface area contributed by atoms with Gasteiger partial charge in [0.05, 0.1) is 13.3 Å². The quantitative estimate of drug-likeness (QED) is 0.231. The Bertz CT molecular complexity index is 952. The number of hydrogen-bond donors (Lipinski definition) is 2. The number of rotatable bonds is 6. The number of nitrogens with two attached hydrogens (primary N) is 2. The lowest BCUT2D eigenvalue weighted by molar-refractivity contribution is -0.512. The van der Waals surface area contributed by atoms with Gasteiger partial charge in [-0.15, -0.1) is 16.9 Å². The Morgan fingerprint density at radius 2 is 1.92 bits per heavy atom. The lowest BCUT2D eigenvalue weighted by Crippen LogP contribution is -2.21. The zero-order chi connectivity index (χ0) is 18.5. The molecule has 0 saturated heterocycles. The van der Waals surface area contributed by atoms with E-state index in [0.29, 0.717) is 0 Å². The molecular weight excluding hydrogens is 344 g/mol. The average Bonchev–Trinajstić information content (AvgIpc) is 2.96. The van der Waals surface area contributed by atoms with Crippen molar-refractivity contribution >= 4 is 29.6 Å². The molecule has 0 atom stereocenters. The fourth-order valence-electron chi connectivity index (χ4n) is 2.69. The molecule has 2 heterocycles. The molecule has 0 fully saturated rings. The summed E-state index contributed by atoms with van der Waals surface area (Å²) in [5, 5.41) is 7.44. The van der Waals surface area contributed by atoms with Gasteiger partial charge in [-0.2, -0.15) is 5.10 Å². The predicted molar refractivity (Wildman–Crippen MR) is 108 cm³/mol. The molecule has 3 aromatic rings. The van der Waals surface area contributed by atoms with Crippen LogP contribution < -0.4 is 15.9 Å². The highest BCUT2D eigenvalue weighted by Crippen LogP contribution is 2.22. The van der Waals surface area contributed by atoms with Crippen LogP contribution >= 0.6 is 11.8 Å². The normalized spacial score (nSPS) is 11.3. The van der Waals surface area contributed by atoms with Crippen LogP contribution in [0.2, 0.25) is 0 Å². The third kappa shape index (κ3) is 4.05. The van der Waals surface area contributed by atoms with Gasteiger partial charge in [0.15, 0.2) is 5.69 Å². The van der Waals surface area contributed by atoms with Crippen molar-refractivity contribution in [3.05, 3.63) is 54.4 Å². The summed E-state index contributed by atoms with van der Waals surface area (Å²) >= 11 is 1.88. The van der Waals surface area contributed by atoms with E-state index >= 15 is 0 Å². The van der Waals surface area contributed by atoms with Crippen molar-refractivity contribution in [1.29, 1.82) is 0 Å². The Morgan fingerprint density at radius 3 is 2.62 bits per heavy atom. The largest absolute Gasteiger partial charge is 0.369 e. The minimum absolute atomic E-state index is 0.0538. The summed E-state index contributed by atoms with van der Waals surface area (Å²) in [5.74, 6) is 1.08. The van der Waals surface area contributed by atoms with E-state index in [4.69, 9.17) is 11.5 Å². The highest BCUT2D eigenvalue weighted by Gasteiger charge is 2.16. The fraction of sp³-hybridized carbons (Fsp3) is 0.211. The van der Waals surface area contributed by atoms with Crippen molar-refractivity contribution < 1.29 is 4.40 Å². The molecule has 7 heteroatoms. The Balaban J connectivity index is 1.88. The molecule has 6 nitrogen and oxygen atoms in total. The number of hydrogen-bond acceptors (Lipinski definition) is 3. The Kier molecular flexibility index (Phi) is 5.58. The Hall–Kier alpha value is -2.80. The summed E-state index contributed by atoms with van der Waals surface area (Å²) in [5.41, 5.74) is 14.9. The molecule has 1 aromatic carbocycles. The molecule has 134 valence electrons. The summed E-state index contributed by atoms with van der Waals surface area (Å²) in [4.78, 5) is 1.28. The zero-order valence-electron chi connectivity index (χ0n) is 15.0. The fourth-order valence-corrected chi connectivity index (χ4v) is 3.49. The van der Waals surface area contributed by atoms with E-state index in [-0.39, 0.29) is 5.96 Å². The molecule has 4 N–H and O–H groups in total. The highest BCUT2D eigenvalue weighted by molar-refractivity contribution is 7.99. The first-order valence-electron chi connectivity index (χ1n) is 8.44. The first-order valence-corrected chi connectivity index (χ1v) is 9.43. The van der Waals surface area contributed by atoms with E-state index in [0.717, 1.165) is 28.2 Å². The van der Waals surface area contributed by atoms with Gasteiger partial charge in [-0.1, -0.05) is 19.1 Å². The molecule has 0 aliphatic rings. The van der Waals surface area contributed by atoms with E-state index in [2.05, 4.69) is 69.8 Å². The molecule has 0 aliphatic carbocycles. The second-order valence-electron chi connectivity index (χ2n) is 5.94. The molecule has 0 bridgehead atoms. The first kappa shape index (κ1) is 18.0. The summed E-state index contributed by atoms with van der Waals surface area (Å²) in [6.07, 6.45) is 7.15. The topological polar surface area (TPSA) is 85.8 Å². The molecule has 0 amide bonds. The van der Waals surface area contributed by atoms with Crippen LogP contribution in [0.25, 0.3) is 16.9 Å². The summed E-state index contributed by atoms with van der Waals surface area (Å²) in [7, 11) is 2.08. The number of thioether (sulfide) groups is 1. The van der Waals surface area contributed by atoms with Gasteiger partial charge in [0.1, 0.15) is 12.4 Å². The van der Waals surface area contributed by atoms with Crippen LogP contribution in [0.4, 0.5) is 0 Å². The van der Waals surface area contributed by atoms with Crippen molar-refractivity contribution in [2.45, 2.75) is 18.2 Å². The van der Waals surface area contributed by atoms with Crippen LogP contribution in [0.3, 0.4) is 0 Å². The molecule has 0 spiro atoms. The number of imidazole rings is 1. The van der Waals surface area contributed by atoms with Crippen molar-refractivity contribution in [2.75, 3.05) is 5.75 Å². The maximum Gasteiger partial charge on any atom is 0.286 e. The molecule has 0 unspecified atom stereocenters. The predicted octanol–water partition coefficient (Wildman–Crippen LogP) is 2.54. The zero-order valence-corrected chi connectivity index (χ0v) is 15.8. The standard InChI is InChI=1S/C19H23N6S/c1-3-10-26-16-8-9-18-24(2)17(13-25(18)12-16)15-6-4-14(5-7-15)11-22-23-19(20)21/h4-9,11-13H,3,10H2,1-2H3,(H4,20,21,23)/q+1/b22-11+. The van der Waals surface area contributed by atoms with Crippen LogP contribution in [-0.2, 0) is 7.05 Å². The van der Waals surface area contributed by atoms with E-state index < -0.39 is 0 Å². The SMILES string of the molecule is CCCSc1ccc2n(C)c(-c3ccc(/C=N/N=C(N)N)cc3)c[n+]2c1. The van der Waals surface area contributed by atoms with E-state index in [1.807, 2.05) is 23.9 Å². The van der Waals surface area contributed by atoms with Crippen molar-refractivity contribution in [3.8, 4) is 11.3 Å². The minimum atomic E-state index is -0.0538. The number of aromatic nitrogens is 2. The van der Waals surface area contributed by atoms with E-state index in [1.165, 1.54) is 11.3 Å². The van der Waals surface area contributed by atoms with Crippen LogP contribution in [0, 0.1) is 0 Å². The molecular formula is C19H23N6S+. The van der Waals surface area contributed by atoms with Gasteiger partial charge in [-0.25, -0.2) is 8.97 Å². The average molecular weight is 368 g/mol. The van der Waals surface area contributed by atoms with E-state index in [1.54, 1.807) is 6.21 Å². The van der Waals surface area contributed by atoms with Crippen LogP contribution in [0.1, 0.15) is 18.9 Å². The molecule has 0 aliphatic heterocycles. The lowest BCUT2D eigenvalue weighted by Gasteiger charge is -1.99. The second-order valence-corrected chi connectivity index (χ2v) is 7.11.